The quantitative estimate of drug-likeness (QED) is 0.525. The Morgan fingerprint density at radius 1 is 1.35 bits per heavy atom. The van der Waals surface area contributed by atoms with Crippen molar-refractivity contribution in [2.24, 2.45) is 5.73 Å². The van der Waals surface area contributed by atoms with Gasteiger partial charge < -0.3 is 10.5 Å². The number of nitro benzene ring substituents is 1. The second-order valence-electron chi connectivity index (χ2n) is 5.28. The molecule has 20 heavy (non-hydrogen) atoms. The summed E-state index contributed by atoms with van der Waals surface area (Å²) in [5.41, 5.74) is 6.74. The molecular weight excluding hydrogens is 280 g/mol. The monoisotopic (exact) mass is 298 g/mol. The SMILES string of the molecule is Cc1cc([N+](=O)[O-])c(Cl)cc1OC1CCCCCC1N. The first-order valence-electron chi connectivity index (χ1n) is 6.86. The van der Waals surface area contributed by atoms with Crippen LogP contribution < -0.4 is 10.5 Å². The van der Waals surface area contributed by atoms with E-state index in [0.29, 0.717) is 11.3 Å². The van der Waals surface area contributed by atoms with Gasteiger partial charge in [0.1, 0.15) is 16.9 Å². The van der Waals surface area contributed by atoms with Crippen molar-refractivity contribution in [3.05, 3.63) is 32.8 Å². The van der Waals surface area contributed by atoms with Crippen LogP contribution in [0.1, 0.15) is 37.7 Å². The van der Waals surface area contributed by atoms with Gasteiger partial charge >= 0.3 is 0 Å². The van der Waals surface area contributed by atoms with E-state index in [1.54, 1.807) is 6.92 Å². The largest absolute Gasteiger partial charge is 0.488 e. The van der Waals surface area contributed by atoms with Crippen molar-refractivity contribution >= 4 is 17.3 Å². The predicted molar refractivity (Wildman–Crippen MR) is 78.3 cm³/mol. The molecule has 110 valence electrons. The van der Waals surface area contributed by atoms with Gasteiger partial charge in [-0.05, 0) is 31.7 Å². The summed E-state index contributed by atoms with van der Waals surface area (Å²) in [5.74, 6) is 0.586. The van der Waals surface area contributed by atoms with Crippen LogP contribution >= 0.6 is 11.6 Å². The van der Waals surface area contributed by atoms with Gasteiger partial charge in [0, 0.05) is 18.2 Å². The number of hydrogen-bond acceptors (Lipinski definition) is 4. The average Bonchev–Trinajstić information content (AvgIpc) is 2.58. The smallest absolute Gasteiger partial charge is 0.288 e. The van der Waals surface area contributed by atoms with Crippen molar-refractivity contribution in [3.63, 3.8) is 0 Å². The van der Waals surface area contributed by atoms with Gasteiger partial charge in [-0.25, -0.2) is 0 Å². The zero-order valence-corrected chi connectivity index (χ0v) is 12.2. The van der Waals surface area contributed by atoms with Crippen molar-refractivity contribution in [1.29, 1.82) is 0 Å². The van der Waals surface area contributed by atoms with Gasteiger partial charge in [0.15, 0.2) is 0 Å². The molecule has 5 nitrogen and oxygen atoms in total. The highest BCUT2D eigenvalue weighted by molar-refractivity contribution is 6.32. The molecule has 2 unspecified atom stereocenters. The number of benzene rings is 1. The number of nitrogens with two attached hydrogens (primary N) is 1. The van der Waals surface area contributed by atoms with Crippen LogP contribution in [0.2, 0.25) is 5.02 Å². The third-order valence-electron chi connectivity index (χ3n) is 3.72. The topological polar surface area (TPSA) is 78.4 Å². The first kappa shape index (κ1) is 15.1. The van der Waals surface area contributed by atoms with Crippen molar-refractivity contribution in [1.82, 2.24) is 0 Å². The summed E-state index contributed by atoms with van der Waals surface area (Å²) in [4.78, 5) is 10.3. The highest BCUT2D eigenvalue weighted by atomic mass is 35.5. The van der Waals surface area contributed by atoms with Crippen molar-refractivity contribution in [2.45, 2.75) is 51.2 Å². The molecule has 2 atom stereocenters. The molecule has 0 spiro atoms. The van der Waals surface area contributed by atoms with Crippen LogP contribution in [0.15, 0.2) is 12.1 Å². The van der Waals surface area contributed by atoms with E-state index in [9.17, 15) is 10.1 Å². The van der Waals surface area contributed by atoms with Gasteiger partial charge in [-0.2, -0.15) is 0 Å². The Bertz CT molecular complexity index is 507. The van der Waals surface area contributed by atoms with Crippen molar-refractivity contribution in [2.75, 3.05) is 0 Å². The van der Waals surface area contributed by atoms with Crippen LogP contribution in [0.3, 0.4) is 0 Å². The van der Waals surface area contributed by atoms with E-state index >= 15 is 0 Å². The maximum atomic E-state index is 10.8. The lowest BCUT2D eigenvalue weighted by Crippen LogP contribution is -2.38. The molecule has 0 heterocycles. The Labute approximate surface area is 123 Å². The minimum Gasteiger partial charge on any atom is -0.488 e. The lowest BCUT2D eigenvalue weighted by molar-refractivity contribution is -0.384. The molecule has 1 aromatic rings. The van der Waals surface area contributed by atoms with Gasteiger partial charge in [-0.1, -0.05) is 24.4 Å². The first-order chi connectivity index (χ1) is 9.49. The number of hydrogen-bond donors (Lipinski definition) is 1. The Morgan fingerprint density at radius 2 is 2.05 bits per heavy atom. The molecule has 0 bridgehead atoms. The molecule has 0 amide bonds. The zero-order valence-electron chi connectivity index (χ0n) is 11.5. The minimum absolute atomic E-state index is 0.00543. The van der Waals surface area contributed by atoms with Crippen LogP contribution in [0.5, 0.6) is 5.75 Å². The van der Waals surface area contributed by atoms with Crippen LogP contribution in [-0.2, 0) is 0 Å². The normalized spacial score (nSPS) is 23.1. The number of aryl methyl sites for hydroxylation is 1. The summed E-state index contributed by atoms with van der Waals surface area (Å²) < 4.78 is 5.96. The van der Waals surface area contributed by atoms with Gasteiger partial charge in [0.2, 0.25) is 0 Å². The number of nitro groups is 1. The molecule has 2 rings (SSSR count). The van der Waals surface area contributed by atoms with Crippen molar-refractivity contribution in [3.8, 4) is 5.75 Å². The summed E-state index contributed by atoms with van der Waals surface area (Å²) in [7, 11) is 0. The Balaban J connectivity index is 2.20. The summed E-state index contributed by atoms with van der Waals surface area (Å²) in [6, 6.07) is 2.97. The lowest BCUT2D eigenvalue weighted by Gasteiger charge is -2.24. The molecule has 0 saturated heterocycles. The van der Waals surface area contributed by atoms with Gasteiger partial charge in [0.05, 0.1) is 4.92 Å². The highest BCUT2D eigenvalue weighted by Crippen LogP contribution is 2.33. The predicted octanol–water partition coefficient (Wildman–Crippen LogP) is 3.60. The van der Waals surface area contributed by atoms with E-state index in [-0.39, 0.29) is 22.9 Å². The van der Waals surface area contributed by atoms with E-state index in [2.05, 4.69) is 0 Å². The molecule has 1 fully saturated rings. The first-order valence-corrected chi connectivity index (χ1v) is 7.23. The standard InChI is InChI=1S/C14H19ClN2O3/c1-9-7-12(17(18)19)10(15)8-14(9)20-13-6-4-2-3-5-11(13)16/h7-8,11,13H,2-6,16H2,1H3. The van der Waals surface area contributed by atoms with Gasteiger partial charge in [-0.3, -0.25) is 10.1 Å². The third-order valence-corrected chi connectivity index (χ3v) is 4.03. The van der Waals surface area contributed by atoms with E-state index in [0.717, 1.165) is 25.7 Å². The molecule has 1 saturated carbocycles. The third kappa shape index (κ3) is 3.41. The Hall–Kier alpha value is -1.33. The molecule has 6 heteroatoms. The number of halogens is 1. The van der Waals surface area contributed by atoms with E-state index in [4.69, 9.17) is 22.1 Å². The van der Waals surface area contributed by atoms with Crippen LogP contribution in [-0.4, -0.2) is 17.1 Å². The molecule has 0 aromatic heterocycles. The summed E-state index contributed by atoms with van der Waals surface area (Å²) in [6.45, 7) is 1.78. The number of rotatable bonds is 3. The average molecular weight is 299 g/mol. The fraction of sp³-hybridized carbons (Fsp3) is 0.571. The van der Waals surface area contributed by atoms with Crippen LogP contribution in [0, 0.1) is 17.0 Å². The van der Waals surface area contributed by atoms with E-state index in [1.165, 1.54) is 18.6 Å². The summed E-state index contributed by atoms with van der Waals surface area (Å²) >= 11 is 5.93. The number of nitrogens with zero attached hydrogens (tertiary/aromatic N) is 1. The summed E-state index contributed by atoms with van der Waals surface area (Å²) in [5, 5.41) is 10.9. The second kappa shape index (κ2) is 6.41. The van der Waals surface area contributed by atoms with Crippen LogP contribution in [0.25, 0.3) is 0 Å². The fourth-order valence-corrected chi connectivity index (χ4v) is 2.75. The highest BCUT2D eigenvalue weighted by Gasteiger charge is 2.24. The molecule has 0 radical (unpaired) electrons. The molecule has 1 aromatic carbocycles. The van der Waals surface area contributed by atoms with Gasteiger partial charge in [-0.15, -0.1) is 0 Å². The Morgan fingerprint density at radius 3 is 2.75 bits per heavy atom. The minimum atomic E-state index is -0.490. The van der Waals surface area contributed by atoms with Crippen LogP contribution in [0.4, 0.5) is 5.69 Å². The molecule has 1 aliphatic rings. The lowest BCUT2D eigenvalue weighted by atomic mass is 10.1. The maximum Gasteiger partial charge on any atom is 0.288 e. The van der Waals surface area contributed by atoms with Gasteiger partial charge in [0.25, 0.3) is 5.69 Å². The molecule has 0 aliphatic heterocycles. The van der Waals surface area contributed by atoms with E-state index < -0.39 is 4.92 Å². The Kier molecular flexibility index (Phi) is 4.83. The fourth-order valence-electron chi connectivity index (χ4n) is 2.53. The zero-order chi connectivity index (χ0) is 14.7. The molecular formula is C14H19ClN2O3. The summed E-state index contributed by atoms with van der Waals surface area (Å²) in [6.07, 6.45) is 5.21. The van der Waals surface area contributed by atoms with Crippen molar-refractivity contribution < 1.29 is 9.66 Å². The van der Waals surface area contributed by atoms with E-state index in [1.807, 2.05) is 0 Å². The second-order valence-corrected chi connectivity index (χ2v) is 5.69. The maximum absolute atomic E-state index is 10.8. The molecule has 2 N–H and O–H groups in total. The number of ether oxygens (including phenoxy) is 1. The molecule has 1 aliphatic carbocycles.